The van der Waals surface area contributed by atoms with Gasteiger partial charge >= 0.3 is 0 Å². The zero-order valence-corrected chi connectivity index (χ0v) is 16.3. The first-order valence-electron chi connectivity index (χ1n) is 8.36. The number of sulfonamides is 1. The van der Waals surface area contributed by atoms with E-state index < -0.39 is 10.0 Å². The van der Waals surface area contributed by atoms with E-state index >= 15 is 0 Å². The molecule has 0 unspecified atom stereocenters. The van der Waals surface area contributed by atoms with Crippen molar-refractivity contribution in [3.05, 3.63) is 71.2 Å². The Labute approximate surface area is 166 Å². The Morgan fingerprint density at radius 2 is 1.89 bits per heavy atom. The fraction of sp³-hybridized carbons (Fsp3) is 0.105. The molecule has 2 aromatic heterocycles. The molecule has 1 N–H and O–H groups in total. The van der Waals surface area contributed by atoms with Crippen LogP contribution in [0.15, 0.2) is 64.1 Å². The second-order valence-corrected chi connectivity index (χ2v) is 8.30. The van der Waals surface area contributed by atoms with Crippen LogP contribution in [0.2, 0.25) is 5.02 Å². The number of rotatable bonds is 5. The number of nitrogens with one attached hydrogen (secondary N) is 1. The van der Waals surface area contributed by atoms with E-state index in [0.717, 1.165) is 11.1 Å². The van der Waals surface area contributed by atoms with Gasteiger partial charge in [-0.05, 0) is 55.0 Å². The predicted octanol–water partition coefficient (Wildman–Crippen LogP) is 3.73. The molecule has 0 spiro atoms. The van der Waals surface area contributed by atoms with Gasteiger partial charge in [-0.25, -0.2) is 13.1 Å². The summed E-state index contributed by atoms with van der Waals surface area (Å²) >= 11 is 5.87. The van der Waals surface area contributed by atoms with E-state index in [1.165, 1.54) is 0 Å². The number of halogens is 1. The van der Waals surface area contributed by atoms with Crippen molar-refractivity contribution < 1.29 is 12.9 Å². The SMILES string of the molecule is Cc1ccc(S(=O)(=O)NCc2nc(-c3ccc(Cl)cc3)no2)c2cccnc12. The van der Waals surface area contributed by atoms with Gasteiger partial charge in [-0.15, -0.1) is 0 Å². The van der Waals surface area contributed by atoms with Gasteiger partial charge in [0.1, 0.15) is 0 Å². The molecule has 4 aromatic rings. The molecule has 0 fully saturated rings. The molecule has 142 valence electrons. The van der Waals surface area contributed by atoms with E-state index in [0.29, 0.717) is 21.7 Å². The summed E-state index contributed by atoms with van der Waals surface area (Å²) < 4.78 is 33.3. The molecule has 2 heterocycles. The minimum absolute atomic E-state index is 0.126. The Balaban J connectivity index is 1.57. The third kappa shape index (κ3) is 3.62. The molecule has 0 aliphatic heterocycles. The lowest BCUT2D eigenvalue weighted by atomic mass is 10.1. The normalized spacial score (nSPS) is 11.8. The van der Waals surface area contributed by atoms with E-state index in [4.69, 9.17) is 16.1 Å². The molecule has 0 aliphatic carbocycles. The van der Waals surface area contributed by atoms with Gasteiger partial charge in [0.05, 0.1) is 17.0 Å². The molecule has 0 saturated heterocycles. The standard InChI is InChI=1S/C19H15ClN4O3S/c1-12-4-9-16(15-3-2-10-21-18(12)15)28(25,26)22-11-17-23-19(24-27-17)13-5-7-14(20)8-6-13/h2-10,22H,11H2,1H3. The highest BCUT2D eigenvalue weighted by atomic mass is 35.5. The predicted molar refractivity (Wildman–Crippen MR) is 105 cm³/mol. The van der Waals surface area contributed by atoms with Crippen LogP contribution in [0.25, 0.3) is 22.3 Å². The summed E-state index contributed by atoms with van der Waals surface area (Å²) in [4.78, 5) is 8.65. The second kappa shape index (κ2) is 7.31. The Bertz CT molecular complexity index is 1250. The third-order valence-electron chi connectivity index (χ3n) is 4.20. The number of pyridine rings is 1. The Kier molecular flexibility index (Phi) is 4.84. The summed E-state index contributed by atoms with van der Waals surface area (Å²) in [5, 5.41) is 5.03. The molecule has 0 atom stereocenters. The Morgan fingerprint density at radius 1 is 1.11 bits per heavy atom. The summed E-state index contributed by atoms with van der Waals surface area (Å²) in [7, 11) is -3.80. The van der Waals surface area contributed by atoms with Crippen LogP contribution in [-0.4, -0.2) is 23.5 Å². The summed E-state index contributed by atoms with van der Waals surface area (Å²) in [5.41, 5.74) is 2.27. The lowest BCUT2D eigenvalue weighted by molar-refractivity contribution is 0.376. The number of nitrogens with zero attached hydrogens (tertiary/aromatic N) is 3. The largest absolute Gasteiger partial charge is 0.338 e. The topological polar surface area (TPSA) is 98.0 Å². The molecule has 0 amide bonds. The first-order chi connectivity index (χ1) is 13.4. The first-order valence-corrected chi connectivity index (χ1v) is 10.2. The maximum Gasteiger partial charge on any atom is 0.242 e. The van der Waals surface area contributed by atoms with Gasteiger partial charge in [0.15, 0.2) is 0 Å². The van der Waals surface area contributed by atoms with Crippen LogP contribution >= 0.6 is 11.6 Å². The van der Waals surface area contributed by atoms with Crippen molar-refractivity contribution in [1.82, 2.24) is 19.8 Å². The second-order valence-electron chi connectivity index (χ2n) is 6.12. The third-order valence-corrected chi connectivity index (χ3v) is 5.92. The van der Waals surface area contributed by atoms with Gasteiger partial charge in [0.2, 0.25) is 21.7 Å². The number of aromatic nitrogens is 3. The van der Waals surface area contributed by atoms with E-state index in [-0.39, 0.29) is 17.3 Å². The highest BCUT2D eigenvalue weighted by molar-refractivity contribution is 7.89. The summed E-state index contributed by atoms with van der Waals surface area (Å²) in [6.45, 7) is 1.76. The van der Waals surface area contributed by atoms with Crippen molar-refractivity contribution in [2.45, 2.75) is 18.4 Å². The monoisotopic (exact) mass is 414 g/mol. The number of benzene rings is 2. The van der Waals surface area contributed by atoms with Crippen LogP contribution in [0.1, 0.15) is 11.5 Å². The molecule has 4 rings (SSSR count). The van der Waals surface area contributed by atoms with Crippen molar-refractivity contribution in [3.63, 3.8) is 0 Å². The van der Waals surface area contributed by atoms with Crippen LogP contribution in [-0.2, 0) is 16.6 Å². The number of fused-ring (bicyclic) bond motifs is 1. The molecule has 7 nitrogen and oxygen atoms in total. The quantitative estimate of drug-likeness (QED) is 0.534. The molecule has 0 saturated carbocycles. The van der Waals surface area contributed by atoms with E-state index in [2.05, 4.69) is 19.8 Å². The van der Waals surface area contributed by atoms with Crippen LogP contribution in [0.4, 0.5) is 0 Å². The average Bonchev–Trinajstić information content (AvgIpc) is 3.16. The molecule has 28 heavy (non-hydrogen) atoms. The highest BCUT2D eigenvalue weighted by Crippen LogP contribution is 2.24. The lowest BCUT2D eigenvalue weighted by Crippen LogP contribution is -2.23. The Morgan fingerprint density at radius 3 is 2.68 bits per heavy atom. The molecule has 9 heteroatoms. The van der Waals surface area contributed by atoms with Gasteiger partial charge in [-0.1, -0.05) is 22.8 Å². The summed E-state index contributed by atoms with van der Waals surface area (Å²) in [6.07, 6.45) is 1.63. The van der Waals surface area contributed by atoms with Gasteiger partial charge in [0.25, 0.3) is 0 Å². The summed E-state index contributed by atoms with van der Waals surface area (Å²) in [5.74, 6) is 0.513. The number of hydrogen-bond donors (Lipinski definition) is 1. The molecule has 0 bridgehead atoms. The molecule has 0 radical (unpaired) electrons. The number of aryl methyl sites for hydroxylation is 1. The van der Waals surface area contributed by atoms with Crippen molar-refractivity contribution in [2.75, 3.05) is 0 Å². The van der Waals surface area contributed by atoms with Gasteiger partial charge in [-0.3, -0.25) is 4.98 Å². The van der Waals surface area contributed by atoms with Crippen molar-refractivity contribution in [1.29, 1.82) is 0 Å². The smallest absolute Gasteiger partial charge is 0.242 e. The van der Waals surface area contributed by atoms with Crippen LogP contribution in [0.3, 0.4) is 0 Å². The van der Waals surface area contributed by atoms with E-state index in [1.54, 1.807) is 54.7 Å². The highest BCUT2D eigenvalue weighted by Gasteiger charge is 2.20. The minimum Gasteiger partial charge on any atom is -0.338 e. The number of hydrogen-bond acceptors (Lipinski definition) is 6. The van der Waals surface area contributed by atoms with Gasteiger partial charge < -0.3 is 4.52 Å². The Hall–Kier alpha value is -2.81. The maximum absolute atomic E-state index is 12.8. The fourth-order valence-electron chi connectivity index (χ4n) is 2.80. The van der Waals surface area contributed by atoms with Gasteiger partial charge in [-0.2, -0.15) is 4.98 Å². The van der Waals surface area contributed by atoms with Crippen LogP contribution in [0.5, 0.6) is 0 Å². The minimum atomic E-state index is -3.80. The van der Waals surface area contributed by atoms with Crippen LogP contribution < -0.4 is 4.72 Å². The lowest BCUT2D eigenvalue weighted by Gasteiger charge is -2.09. The van der Waals surface area contributed by atoms with E-state index in [1.807, 2.05) is 6.92 Å². The summed E-state index contributed by atoms with van der Waals surface area (Å²) in [6, 6.07) is 13.7. The van der Waals surface area contributed by atoms with Crippen LogP contribution in [0, 0.1) is 6.92 Å². The molecular weight excluding hydrogens is 400 g/mol. The molecule has 0 aliphatic rings. The zero-order valence-electron chi connectivity index (χ0n) is 14.8. The molecular formula is C19H15ClN4O3S. The zero-order chi connectivity index (χ0) is 19.7. The average molecular weight is 415 g/mol. The fourth-order valence-corrected chi connectivity index (χ4v) is 4.10. The van der Waals surface area contributed by atoms with Crippen molar-refractivity contribution >= 4 is 32.5 Å². The van der Waals surface area contributed by atoms with Crippen molar-refractivity contribution in [3.8, 4) is 11.4 Å². The van der Waals surface area contributed by atoms with Crippen molar-refractivity contribution in [2.24, 2.45) is 0 Å². The van der Waals surface area contributed by atoms with E-state index in [9.17, 15) is 8.42 Å². The van der Waals surface area contributed by atoms with Gasteiger partial charge in [0, 0.05) is 22.2 Å². The maximum atomic E-state index is 12.8. The first kappa shape index (κ1) is 18.5. The molecule has 2 aromatic carbocycles.